The Morgan fingerprint density at radius 3 is 2.57 bits per heavy atom. The Hall–Kier alpha value is -2.64. The van der Waals surface area contributed by atoms with Crippen molar-refractivity contribution in [1.29, 1.82) is 0 Å². The molecule has 0 radical (unpaired) electrons. The van der Waals surface area contributed by atoms with Crippen LogP contribution in [0.15, 0.2) is 18.2 Å². The molecule has 0 amide bonds. The van der Waals surface area contributed by atoms with Gasteiger partial charge in [0.1, 0.15) is 5.69 Å². The fraction of sp³-hybridized carbons (Fsp3) is 0.467. The summed E-state index contributed by atoms with van der Waals surface area (Å²) in [6.07, 6.45) is 0.880. The molecule has 1 aliphatic rings. The standard InChI is InChI=1S/C15H18N2O6/c1-23-14(18)9-10-2-3-12(13(8-10)17(21)22)16-6-4-11(5-7-16)15(19)20/h2-3,8,11H,4-7,9H2,1H3,(H,19,20). The number of esters is 1. The number of hydrogen-bond acceptors (Lipinski definition) is 6. The third-order valence-corrected chi connectivity index (χ3v) is 4.00. The lowest BCUT2D eigenvalue weighted by Gasteiger charge is -2.31. The summed E-state index contributed by atoms with van der Waals surface area (Å²) in [5, 5.41) is 20.3. The first kappa shape index (κ1) is 16.7. The third kappa shape index (κ3) is 3.97. The third-order valence-electron chi connectivity index (χ3n) is 4.00. The van der Waals surface area contributed by atoms with Crippen LogP contribution in [0.25, 0.3) is 0 Å². The van der Waals surface area contributed by atoms with Crippen molar-refractivity contribution in [3.05, 3.63) is 33.9 Å². The lowest BCUT2D eigenvalue weighted by Crippen LogP contribution is -2.36. The SMILES string of the molecule is COC(=O)Cc1ccc(N2CCC(C(=O)O)CC2)c([N+](=O)[O-])c1. The molecule has 2 rings (SSSR count). The zero-order chi connectivity index (χ0) is 17.0. The van der Waals surface area contributed by atoms with Crippen molar-refractivity contribution >= 4 is 23.3 Å². The van der Waals surface area contributed by atoms with Crippen LogP contribution in [-0.4, -0.2) is 42.2 Å². The number of aliphatic carboxylic acids is 1. The molecule has 1 heterocycles. The fourth-order valence-electron chi connectivity index (χ4n) is 2.70. The van der Waals surface area contributed by atoms with Crippen molar-refractivity contribution in [2.24, 2.45) is 5.92 Å². The molecule has 1 N–H and O–H groups in total. The number of carbonyl (C=O) groups excluding carboxylic acids is 1. The van der Waals surface area contributed by atoms with E-state index in [0.29, 0.717) is 37.2 Å². The first-order chi connectivity index (χ1) is 10.9. The van der Waals surface area contributed by atoms with E-state index in [1.807, 2.05) is 4.90 Å². The second-order valence-electron chi connectivity index (χ2n) is 5.43. The number of nitrogens with zero attached hydrogens (tertiary/aromatic N) is 2. The predicted molar refractivity (Wildman–Crippen MR) is 81.4 cm³/mol. The fourth-order valence-corrected chi connectivity index (χ4v) is 2.70. The quantitative estimate of drug-likeness (QED) is 0.498. The van der Waals surface area contributed by atoms with Crippen LogP contribution in [0, 0.1) is 16.0 Å². The summed E-state index contributed by atoms with van der Waals surface area (Å²) >= 11 is 0. The van der Waals surface area contributed by atoms with Gasteiger partial charge in [0.2, 0.25) is 0 Å². The number of anilines is 1. The van der Waals surface area contributed by atoms with E-state index >= 15 is 0 Å². The van der Waals surface area contributed by atoms with Crippen LogP contribution in [-0.2, 0) is 20.7 Å². The van der Waals surface area contributed by atoms with Crippen LogP contribution in [0.3, 0.4) is 0 Å². The summed E-state index contributed by atoms with van der Waals surface area (Å²) in [7, 11) is 1.26. The average Bonchev–Trinajstić information content (AvgIpc) is 2.54. The molecular weight excluding hydrogens is 304 g/mol. The molecule has 1 fully saturated rings. The van der Waals surface area contributed by atoms with E-state index in [1.54, 1.807) is 12.1 Å². The Balaban J connectivity index is 2.20. The van der Waals surface area contributed by atoms with Crippen LogP contribution in [0.1, 0.15) is 18.4 Å². The van der Waals surface area contributed by atoms with Crippen molar-refractivity contribution in [2.45, 2.75) is 19.3 Å². The van der Waals surface area contributed by atoms with Gasteiger partial charge >= 0.3 is 11.9 Å². The van der Waals surface area contributed by atoms with Gasteiger partial charge in [-0.05, 0) is 24.5 Å². The van der Waals surface area contributed by atoms with Crippen molar-refractivity contribution in [2.75, 3.05) is 25.1 Å². The maximum atomic E-state index is 11.3. The summed E-state index contributed by atoms with van der Waals surface area (Å²) in [6, 6.07) is 4.63. The monoisotopic (exact) mass is 322 g/mol. The minimum atomic E-state index is -0.826. The van der Waals surface area contributed by atoms with Crippen LogP contribution < -0.4 is 4.90 Å². The van der Waals surface area contributed by atoms with Gasteiger partial charge in [-0.3, -0.25) is 19.7 Å². The summed E-state index contributed by atoms with van der Waals surface area (Å²) in [5.74, 6) is -1.69. The van der Waals surface area contributed by atoms with Gasteiger partial charge in [0.05, 0.1) is 24.4 Å². The molecule has 1 aromatic rings. The van der Waals surface area contributed by atoms with Crippen molar-refractivity contribution in [3.63, 3.8) is 0 Å². The number of benzene rings is 1. The van der Waals surface area contributed by atoms with Gasteiger partial charge in [-0.15, -0.1) is 0 Å². The zero-order valence-corrected chi connectivity index (χ0v) is 12.7. The Labute approximate surface area is 132 Å². The summed E-state index contributed by atoms with van der Waals surface area (Å²) in [6.45, 7) is 0.905. The molecular formula is C15H18N2O6. The minimum Gasteiger partial charge on any atom is -0.481 e. The number of nitro benzene ring substituents is 1. The molecule has 0 aliphatic carbocycles. The lowest BCUT2D eigenvalue weighted by molar-refractivity contribution is -0.384. The maximum absolute atomic E-state index is 11.3. The van der Waals surface area contributed by atoms with E-state index in [4.69, 9.17) is 5.11 Å². The number of piperidine rings is 1. The van der Waals surface area contributed by atoms with E-state index in [2.05, 4.69) is 4.74 Å². The van der Waals surface area contributed by atoms with Crippen LogP contribution in [0.4, 0.5) is 11.4 Å². The molecule has 124 valence electrons. The highest BCUT2D eigenvalue weighted by Crippen LogP contribution is 2.32. The van der Waals surface area contributed by atoms with E-state index in [9.17, 15) is 19.7 Å². The van der Waals surface area contributed by atoms with E-state index < -0.39 is 22.8 Å². The number of ether oxygens (including phenoxy) is 1. The predicted octanol–water partition coefficient (Wildman–Crippen LogP) is 1.61. The van der Waals surface area contributed by atoms with Crippen molar-refractivity contribution in [3.8, 4) is 0 Å². The molecule has 8 heteroatoms. The van der Waals surface area contributed by atoms with Crippen LogP contribution in [0.5, 0.6) is 0 Å². The summed E-state index contributed by atoms with van der Waals surface area (Å²) < 4.78 is 4.56. The van der Waals surface area contributed by atoms with E-state index in [1.165, 1.54) is 13.2 Å². The zero-order valence-electron chi connectivity index (χ0n) is 12.7. The second kappa shape index (κ2) is 7.08. The van der Waals surface area contributed by atoms with Gasteiger partial charge in [-0.25, -0.2) is 0 Å². The number of carbonyl (C=O) groups is 2. The average molecular weight is 322 g/mol. The molecule has 8 nitrogen and oxygen atoms in total. The molecule has 0 spiro atoms. The van der Waals surface area contributed by atoms with Crippen molar-refractivity contribution < 1.29 is 24.4 Å². The molecule has 1 aliphatic heterocycles. The topological polar surface area (TPSA) is 110 Å². The van der Waals surface area contributed by atoms with Gasteiger partial charge in [-0.2, -0.15) is 0 Å². The molecule has 0 atom stereocenters. The number of methoxy groups -OCH3 is 1. The Morgan fingerprint density at radius 2 is 2.04 bits per heavy atom. The van der Waals surface area contributed by atoms with Gasteiger partial charge in [0.15, 0.2) is 0 Å². The van der Waals surface area contributed by atoms with Gasteiger partial charge < -0.3 is 14.7 Å². The first-order valence-corrected chi connectivity index (χ1v) is 7.24. The highest BCUT2D eigenvalue weighted by atomic mass is 16.6. The van der Waals surface area contributed by atoms with Crippen LogP contribution >= 0.6 is 0 Å². The van der Waals surface area contributed by atoms with E-state index in [0.717, 1.165) is 0 Å². The largest absolute Gasteiger partial charge is 0.481 e. The van der Waals surface area contributed by atoms with Gasteiger partial charge in [-0.1, -0.05) is 6.07 Å². The number of carboxylic acid groups (broad SMARTS) is 1. The smallest absolute Gasteiger partial charge is 0.309 e. The molecule has 1 aromatic carbocycles. The molecule has 0 aromatic heterocycles. The Morgan fingerprint density at radius 1 is 1.39 bits per heavy atom. The van der Waals surface area contributed by atoms with Crippen LogP contribution in [0.2, 0.25) is 0 Å². The number of rotatable bonds is 5. The normalized spacial score (nSPS) is 15.3. The van der Waals surface area contributed by atoms with Crippen molar-refractivity contribution in [1.82, 2.24) is 0 Å². The molecule has 0 unspecified atom stereocenters. The first-order valence-electron chi connectivity index (χ1n) is 7.24. The molecule has 0 bridgehead atoms. The molecule has 0 saturated carbocycles. The minimum absolute atomic E-state index is 0.0291. The molecule has 1 saturated heterocycles. The number of carboxylic acids is 1. The number of nitro groups is 1. The molecule has 23 heavy (non-hydrogen) atoms. The second-order valence-corrected chi connectivity index (χ2v) is 5.43. The Kier molecular flexibility index (Phi) is 5.15. The lowest BCUT2D eigenvalue weighted by atomic mass is 9.96. The summed E-state index contributed by atoms with van der Waals surface area (Å²) in [5.41, 5.74) is 0.875. The highest BCUT2D eigenvalue weighted by molar-refractivity contribution is 5.74. The van der Waals surface area contributed by atoms with Gasteiger partial charge in [0, 0.05) is 19.2 Å². The highest BCUT2D eigenvalue weighted by Gasteiger charge is 2.28. The Bertz CT molecular complexity index is 622. The van der Waals surface area contributed by atoms with Gasteiger partial charge in [0.25, 0.3) is 5.69 Å². The maximum Gasteiger partial charge on any atom is 0.309 e. The summed E-state index contributed by atoms with van der Waals surface area (Å²) in [4.78, 5) is 34.9. The number of hydrogen-bond donors (Lipinski definition) is 1. The van der Waals surface area contributed by atoms with E-state index in [-0.39, 0.29) is 12.1 Å².